The van der Waals surface area contributed by atoms with Gasteiger partial charge in [-0.2, -0.15) is 0 Å². The van der Waals surface area contributed by atoms with Crippen molar-refractivity contribution in [1.82, 2.24) is 14.7 Å². The van der Waals surface area contributed by atoms with Gasteiger partial charge in [0.25, 0.3) is 0 Å². The molecule has 0 saturated heterocycles. The number of aromatic nitrogens is 2. The summed E-state index contributed by atoms with van der Waals surface area (Å²) in [5.74, 6) is 0.329. The number of pyridine rings is 1. The van der Waals surface area contributed by atoms with Crippen LogP contribution >= 0.6 is 11.3 Å². The Kier molecular flexibility index (Phi) is 5.36. The number of thiazole rings is 1. The van der Waals surface area contributed by atoms with Crippen molar-refractivity contribution in [3.63, 3.8) is 0 Å². The zero-order valence-corrected chi connectivity index (χ0v) is 16.3. The van der Waals surface area contributed by atoms with E-state index in [2.05, 4.69) is 14.7 Å². The van der Waals surface area contributed by atoms with Crippen molar-refractivity contribution in [2.45, 2.75) is 25.3 Å². The summed E-state index contributed by atoms with van der Waals surface area (Å²) in [6, 6.07) is 7.10. The van der Waals surface area contributed by atoms with Crippen LogP contribution in [0.4, 0.5) is 0 Å². The molecule has 6 nitrogen and oxygen atoms in total. The quantitative estimate of drug-likeness (QED) is 0.699. The van der Waals surface area contributed by atoms with Gasteiger partial charge in [-0.25, -0.2) is 18.1 Å². The van der Waals surface area contributed by atoms with E-state index in [1.807, 2.05) is 31.4 Å². The molecule has 0 spiro atoms. The number of nitrogens with zero attached hydrogens (tertiary/aromatic N) is 2. The molecule has 2 aromatic heterocycles. The Morgan fingerprint density at radius 3 is 2.69 bits per heavy atom. The molecule has 0 amide bonds. The highest BCUT2D eigenvalue weighted by Gasteiger charge is 2.21. The summed E-state index contributed by atoms with van der Waals surface area (Å²) in [4.78, 5) is 8.67. The monoisotopic (exact) mass is 389 g/mol. The van der Waals surface area contributed by atoms with Crippen molar-refractivity contribution in [2.75, 3.05) is 7.11 Å². The van der Waals surface area contributed by atoms with Gasteiger partial charge >= 0.3 is 0 Å². The summed E-state index contributed by atoms with van der Waals surface area (Å²) in [6.45, 7) is 3.90. The summed E-state index contributed by atoms with van der Waals surface area (Å²) >= 11 is 1.40. The van der Waals surface area contributed by atoms with Crippen LogP contribution in [0.2, 0.25) is 0 Å². The molecule has 136 valence electrons. The molecule has 1 aromatic carbocycles. The van der Waals surface area contributed by atoms with Gasteiger partial charge in [0.2, 0.25) is 10.0 Å². The molecule has 0 aliphatic rings. The standard InChI is InChI=1S/C18H19N3O3S2/c1-12-7-16(24-3)17(8-13(12)2)26(22,23)20-10-18-21-15(11-25-18)14-5-4-6-19-9-14/h4-9,11,20H,10H2,1-3H3. The van der Waals surface area contributed by atoms with E-state index >= 15 is 0 Å². The lowest BCUT2D eigenvalue weighted by Crippen LogP contribution is -2.24. The van der Waals surface area contributed by atoms with Crippen LogP contribution in [0.1, 0.15) is 16.1 Å². The topological polar surface area (TPSA) is 81.2 Å². The van der Waals surface area contributed by atoms with E-state index in [0.29, 0.717) is 10.8 Å². The third-order valence-electron chi connectivity index (χ3n) is 3.99. The number of aryl methyl sites for hydroxylation is 2. The summed E-state index contributed by atoms with van der Waals surface area (Å²) in [5, 5.41) is 2.56. The van der Waals surface area contributed by atoms with Gasteiger partial charge in [0.1, 0.15) is 15.7 Å². The molecule has 0 saturated carbocycles. The van der Waals surface area contributed by atoms with Crippen molar-refractivity contribution in [3.05, 3.63) is 58.2 Å². The van der Waals surface area contributed by atoms with E-state index in [0.717, 1.165) is 22.4 Å². The van der Waals surface area contributed by atoms with Gasteiger partial charge in [-0.3, -0.25) is 4.98 Å². The fourth-order valence-corrected chi connectivity index (χ4v) is 4.46. The molecule has 0 radical (unpaired) electrons. The number of sulfonamides is 1. The zero-order chi connectivity index (χ0) is 18.7. The first-order valence-corrected chi connectivity index (χ1v) is 10.3. The van der Waals surface area contributed by atoms with Crippen molar-refractivity contribution < 1.29 is 13.2 Å². The minimum absolute atomic E-state index is 0.114. The van der Waals surface area contributed by atoms with E-state index in [1.54, 1.807) is 24.5 Å². The van der Waals surface area contributed by atoms with Crippen LogP contribution in [0.15, 0.2) is 46.9 Å². The van der Waals surface area contributed by atoms with Crippen LogP contribution in [0, 0.1) is 13.8 Å². The molecule has 3 rings (SSSR count). The largest absolute Gasteiger partial charge is 0.495 e. The Morgan fingerprint density at radius 2 is 2.00 bits per heavy atom. The average molecular weight is 390 g/mol. The highest BCUT2D eigenvalue weighted by Crippen LogP contribution is 2.27. The van der Waals surface area contributed by atoms with Gasteiger partial charge in [-0.05, 0) is 49.2 Å². The second kappa shape index (κ2) is 7.53. The molecule has 0 atom stereocenters. The fraction of sp³-hybridized carbons (Fsp3) is 0.222. The molecule has 0 bridgehead atoms. The van der Waals surface area contributed by atoms with Gasteiger partial charge in [0, 0.05) is 23.3 Å². The van der Waals surface area contributed by atoms with Gasteiger partial charge in [-0.15, -0.1) is 11.3 Å². The molecule has 26 heavy (non-hydrogen) atoms. The molecule has 0 aliphatic heterocycles. The summed E-state index contributed by atoms with van der Waals surface area (Å²) in [7, 11) is -2.25. The number of hydrogen-bond acceptors (Lipinski definition) is 6. The predicted molar refractivity (Wildman–Crippen MR) is 102 cm³/mol. The van der Waals surface area contributed by atoms with Crippen LogP contribution in [0.3, 0.4) is 0 Å². The number of methoxy groups -OCH3 is 1. The van der Waals surface area contributed by atoms with Crippen LogP contribution in [-0.2, 0) is 16.6 Å². The van der Waals surface area contributed by atoms with Crippen LogP contribution in [0.25, 0.3) is 11.3 Å². The molecule has 8 heteroatoms. The third-order valence-corrected chi connectivity index (χ3v) is 6.26. The summed E-state index contributed by atoms with van der Waals surface area (Å²) in [6.07, 6.45) is 3.42. The van der Waals surface area contributed by atoms with Gasteiger partial charge in [0.15, 0.2) is 0 Å². The Morgan fingerprint density at radius 1 is 1.23 bits per heavy atom. The molecule has 0 unspecified atom stereocenters. The van der Waals surface area contributed by atoms with Crippen molar-refractivity contribution >= 4 is 21.4 Å². The Bertz CT molecular complexity index is 1020. The lowest BCUT2D eigenvalue weighted by atomic mass is 10.1. The Balaban J connectivity index is 1.79. The third kappa shape index (κ3) is 3.92. The Labute approximate surface area is 157 Å². The normalized spacial score (nSPS) is 11.5. The number of rotatable bonds is 6. The lowest BCUT2D eigenvalue weighted by Gasteiger charge is -2.12. The number of hydrogen-bond donors (Lipinski definition) is 1. The fourth-order valence-electron chi connectivity index (χ4n) is 2.41. The van der Waals surface area contributed by atoms with E-state index < -0.39 is 10.0 Å². The minimum atomic E-state index is -3.72. The first-order chi connectivity index (χ1) is 12.4. The Hall–Kier alpha value is -2.29. The number of ether oxygens (including phenoxy) is 1. The number of benzene rings is 1. The van der Waals surface area contributed by atoms with Gasteiger partial charge in [-0.1, -0.05) is 0 Å². The molecule has 3 aromatic rings. The van der Waals surface area contributed by atoms with Gasteiger partial charge < -0.3 is 4.74 Å². The van der Waals surface area contributed by atoms with Gasteiger partial charge in [0.05, 0.1) is 19.3 Å². The molecular formula is C18H19N3O3S2. The summed E-state index contributed by atoms with van der Waals surface area (Å²) in [5.41, 5.74) is 3.54. The maximum Gasteiger partial charge on any atom is 0.244 e. The maximum atomic E-state index is 12.7. The van der Waals surface area contributed by atoms with E-state index in [9.17, 15) is 8.42 Å². The number of nitrogens with one attached hydrogen (secondary N) is 1. The van der Waals surface area contributed by atoms with Crippen molar-refractivity contribution in [3.8, 4) is 17.0 Å². The first kappa shape index (κ1) is 18.5. The zero-order valence-electron chi connectivity index (χ0n) is 14.7. The highest BCUT2D eigenvalue weighted by atomic mass is 32.2. The lowest BCUT2D eigenvalue weighted by molar-refractivity contribution is 0.401. The predicted octanol–water partition coefficient (Wildman–Crippen LogP) is 3.31. The van der Waals surface area contributed by atoms with E-state index in [4.69, 9.17) is 4.74 Å². The SMILES string of the molecule is COc1cc(C)c(C)cc1S(=O)(=O)NCc1nc(-c2cccnc2)cs1. The molecule has 2 heterocycles. The van der Waals surface area contributed by atoms with E-state index in [-0.39, 0.29) is 11.4 Å². The maximum absolute atomic E-state index is 12.7. The van der Waals surface area contributed by atoms with Crippen LogP contribution < -0.4 is 9.46 Å². The summed E-state index contributed by atoms with van der Waals surface area (Å²) < 4.78 is 33.2. The second-order valence-corrected chi connectivity index (χ2v) is 8.46. The first-order valence-electron chi connectivity index (χ1n) is 7.90. The van der Waals surface area contributed by atoms with Crippen molar-refractivity contribution in [1.29, 1.82) is 0 Å². The van der Waals surface area contributed by atoms with Crippen LogP contribution in [0.5, 0.6) is 5.75 Å². The molecule has 1 N–H and O–H groups in total. The van der Waals surface area contributed by atoms with Crippen LogP contribution in [-0.4, -0.2) is 25.5 Å². The molecule has 0 aliphatic carbocycles. The molecular weight excluding hydrogens is 370 g/mol. The highest BCUT2D eigenvalue weighted by molar-refractivity contribution is 7.89. The van der Waals surface area contributed by atoms with E-state index in [1.165, 1.54) is 18.4 Å². The van der Waals surface area contributed by atoms with Crippen molar-refractivity contribution in [2.24, 2.45) is 0 Å². The smallest absolute Gasteiger partial charge is 0.244 e. The second-order valence-electron chi connectivity index (χ2n) is 5.78. The minimum Gasteiger partial charge on any atom is -0.495 e. The average Bonchev–Trinajstić information content (AvgIpc) is 3.12. The molecule has 0 fully saturated rings.